The molecule has 0 N–H and O–H groups in total. The van der Waals surface area contributed by atoms with Gasteiger partial charge in [-0.1, -0.05) is 166 Å². The highest BCUT2D eigenvalue weighted by molar-refractivity contribution is 6.18. The quantitative estimate of drug-likeness (QED) is 0.167. The number of hydrogen-bond acceptors (Lipinski definition) is 3. The van der Waals surface area contributed by atoms with Gasteiger partial charge in [0.2, 0.25) is 0 Å². The van der Waals surface area contributed by atoms with E-state index in [1.807, 2.05) is 12.1 Å². The van der Waals surface area contributed by atoms with Crippen molar-refractivity contribution in [1.82, 2.24) is 4.57 Å². The van der Waals surface area contributed by atoms with Crippen molar-refractivity contribution >= 4 is 82.7 Å². The van der Waals surface area contributed by atoms with Gasteiger partial charge in [-0.05, 0) is 100 Å². The van der Waals surface area contributed by atoms with Crippen LogP contribution in [-0.4, -0.2) is 4.57 Å². The maximum absolute atomic E-state index is 7.13. The Morgan fingerprint density at radius 2 is 0.955 bits per heavy atom. The summed E-state index contributed by atoms with van der Waals surface area (Å²) in [6, 6.07) is 78.8. The highest BCUT2D eigenvalue weighted by atomic mass is 16.3. The first-order valence-corrected chi connectivity index (χ1v) is 23.1. The number of furan rings is 2. The average molecular weight is 859 g/mol. The second-order valence-corrected chi connectivity index (χ2v) is 18.4. The summed E-state index contributed by atoms with van der Waals surface area (Å²) < 4.78 is 15.9. The minimum absolute atomic E-state index is 0.266. The van der Waals surface area contributed by atoms with Crippen molar-refractivity contribution in [2.75, 3.05) is 4.90 Å². The molecule has 14 rings (SSSR count). The van der Waals surface area contributed by atoms with Gasteiger partial charge in [0.05, 0.1) is 33.5 Å². The van der Waals surface area contributed by atoms with Gasteiger partial charge >= 0.3 is 0 Å². The molecule has 0 unspecified atom stereocenters. The Balaban J connectivity index is 1.03. The summed E-state index contributed by atoms with van der Waals surface area (Å²) in [6.45, 7) is 4.74. The van der Waals surface area contributed by atoms with E-state index in [4.69, 9.17) is 8.83 Å². The predicted octanol–water partition coefficient (Wildman–Crippen LogP) is 17.7. The molecule has 3 heterocycles. The molecule has 4 heteroatoms. The van der Waals surface area contributed by atoms with Crippen LogP contribution in [0.3, 0.4) is 0 Å². The van der Waals surface area contributed by atoms with Crippen LogP contribution in [0.15, 0.2) is 227 Å². The topological polar surface area (TPSA) is 34.5 Å². The van der Waals surface area contributed by atoms with Gasteiger partial charge in [-0.15, -0.1) is 0 Å². The first-order chi connectivity index (χ1) is 33.0. The lowest BCUT2D eigenvalue weighted by atomic mass is 9.81. The van der Waals surface area contributed by atoms with Gasteiger partial charge in [0.15, 0.2) is 0 Å². The average Bonchev–Trinajstić information content (AvgIpc) is 4.12. The standard InChI is InChI=1S/C63H42N2O2/c1-63(2)50-25-9-3-17-42(50)46-24-15-29-55(61(46)63)64(40-35-33-39(34-36-40)41-23-16-32-58-59(41)48-21-7-13-30-56(48)66-58)54-38-37-47(62-60(54)49-22-8-14-31-57(49)67-62)45-20-6-12-28-53(45)65-51-26-10-4-18-43(51)44-19-5-11-27-52(44)65/h3-38H,1-2H3. The number of aromatic nitrogens is 1. The van der Waals surface area contributed by atoms with E-state index in [0.717, 1.165) is 88.9 Å². The Morgan fingerprint density at radius 1 is 0.388 bits per heavy atom. The van der Waals surface area contributed by atoms with Crippen molar-refractivity contribution in [2.45, 2.75) is 19.3 Å². The number of nitrogens with zero attached hydrogens (tertiary/aromatic N) is 2. The third-order valence-electron chi connectivity index (χ3n) is 14.4. The van der Waals surface area contributed by atoms with Gasteiger partial charge in [0.25, 0.3) is 0 Å². The van der Waals surface area contributed by atoms with Crippen molar-refractivity contribution in [1.29, 1.82) is 0 Å². The molecule has 0 bridgehead atoms. The maximum atomic E-state index is 7.13. The van der Waals surface area contributed by atoms with E-state index in [2.05, 4.69) is 230 Å². The Hall–Kier alpha value is -8.60. The van der Waals surface area contributed by atoms with Gasteiger partial charge in [0, 0.05) is 49.2 Å². The largest absolute Gasteiger partial charge is 0.456 e. The summed E-state index contributed by atoms with van der Waals surface area (Å²) in [7, 11) is 0. The lowest BCUT2D eigenvalue weighted by Gasteiger charge is -2.33. The summed E-state index contributed by atoms with van der Waals surface area (Å²) in [5.41, 5.74) is 19.5. The van der Waals surface area contributed by atoms with Gasteiger partial charge in [-0.3, -0.25) is 0 Å². The van der Waals surface area contributed by atoms with Gasteiger partial charge in [-0.2, -0.15) is 0 Å². The summed E-state index contributed by atoms with van der Waals surface area (Å²) in [5.74, 6) is 0. The van der Waals surface area contributed by atoms with Crippen LogP contribution in [-0.2, 0) is 5.41 Å². The number of rotatable bonds is 6. The zero-order valence-electron chi connectivity index (χ0n) is 37.0. The monoisotopic (exact) mass is 858 g/mol. The lowest BCUT2D eigenvalue weighted by molar-refractivity contribution is 0.661. The van der Waals surface area contributed by atoms with Crippen molar-refractivity contribution in [3.8, 4) is 39.1 Å². The van der Waals surface area contributed by atoms with E-state index in [9.17, 15) is 0 Å². The molecule has 0 atom stereocenters. The fourth-order valence-electron chi connectivity index (χ4n) is 11.5. The fraction of sp³-hybridized carbons (Fsp3) is 0.0476. The molecule has 10 aromatic carbocycles. The number of hydrogen-bond donors (Lipinski definition) is 0. The van der Waals surface area contributed by atoms with Gasteiger partial charge in [-0.25, -0.2) is 0 Å². The Bertz CT molecular complexity index is 4090. The van der Waals surface area contributed by atoms with Crippen LogP contribution in [0.1, 0.15) is 25.0 Å². The third-order valence-corrected chi connectivity index (χ3v) is 14.4. The van der Waals surface area contributed by atoms with Crippen LogP contribution in [0.2, 0.25) is 0 Å². The molecule has 0 spiro atoms. The molecule has 0 saturated heterocycles. The number of benzene rings is 10. The van der Waals surface area contributed by atoms with Crippen LogP contribution < -0.4 is 4.90 Å². The SMILES string of the molecule is CC1(C)c2ccccc2-c2cccc(N(c3ccc(-c4cccc5oc6ccccc6c45)cc3)c3ccc(-c4ccccc4-n4c5ccccc5c5ccccc54)c4oc5ccccc5c34)c21. The highest BCUT2D eigenvalue weighted by Gasteiger charge is 2.39. The van der Waals surface area contributed by atoms with Crippen molar-refractivity contribution < 1.29 is 8.83 Å². The molecule has 3 aromatic heterocycles. The molecule has 1 aliphatic carbocycles. The molecule has 0 fully saturated rings. The minimum Gasteiger partial charge on any atom is -0.456 e. The van der Waals surface area contributed by atoms with E-state index in [1.165, 1.54) is 44.1 Å². The van der Waals surface area contributed by atoms with E-state index in [-0.39, 0.29) is 5.41 Å². The van der Waals surface area contributed by atoms with Crippen LogP contribution in [0.5, 0.6) is 0 Å². The maximum Gasteiger partial charge on any atom is 0.145 e. The van der Waals surface area contributed by atoms with Gasteiger partial charge < -0.3 is 18.3 Å². The molecule has 67 heavy (non-hydrogen) atoms. The van der Waals surface area contributed by atoms with E-state index in [1.54, 1.807) is 0 Å². The number of fused-ring (bicyclic) bond motifs is 12. The van der Waals surface area contributed by atoms with Crippen LogP contribution in [0.4, 0.5) is 17.1 Å². The minimum atomic E-state index is -0.266. The predicted molar refractivity (Wildman–Crippen MR) is 278 cm³/mol. The van der Waals surface area contributed by atoms with E-state index < -0.39 is 0 Å². The smallest absolute Gasteiger partial charge is 0.145 e. The van der Waals surface area contributed by atoms with Crippen molar-refractivity contribution in [3.05, 3.63) is 230 Å². The van der Waals surface area contributed by atoms with Gasteiger partial charge in [0.1, 0.15) is 22.3 Å². The van der Waals surface area contributed by atoms with Crippen molar-refractivity contribution in [2.24, 2.45) is 0 Å². The second-order valence-electron chi connectivity index (χ2n) is 18.4. The normalized spacial score (nSPS) is 13.0. The molecule has 316 valence electrons. The zero-order valence-corrected chi connectivity index (χ0v) is 37.0. The third kappa shape index (κ3) is 5.41. The first-order valence-electron chi connectivity index (χ1n) is 23.1. The molecule has 0 radical (unpaired) electrons. The van der Waals surface area contributed by atoms with E-state index in [0.29, 0.717) is 0 Å². The second kappa shape index (κ2) is 14.2. The van der Waals surface area contributed by atoms with Crippen molar-refractivity contribution in [3.63, 3.8) is 0 Å². The van der Waals surface area contributed by atoms with Crippen LogP contribution in [0, 0.1) is 0 Å². The lowest BCUT2D eigenvalue weighted by Crippen LogP contribution is -2.20. The zero-order chi connectivity index (χ0) is 44.4. The highest BCUT2D eigenvalue weighted by Crippen LogP contribution is 2.56. The number of anilines is 3. The van der Waals surface area contributed by atoms with Crippen LogP contribution in [0.25, 0.3) is 105 Å². The first kappa shape index (κ1) is 37.7. The Labute approximate surface area is 387 Å². The van der Waals surface area contributed by atoms with E-state index >= 15 is 0 Å². The summed E-state index contributed by atoms with van der Waals surface area (Å²) in [6.07, 6.45) is 0. The molecule has 1 aliphatic rings. The number of para-hydroxylation sites is 5. The fourth-order valence-corrected chi connectivity index (χ4v) is 11.5. The Morgan fingerprint density at radius 3 is 1.72 bits per heavy atom. The molecule has 13 aromatic rings. The molecule has 4 nitrogen and oxygen atoms in total. The summed E-state index contributed by atoms with van der Waals surface area (Å²) >= 11 is 0. The Kier molecular flexibility index (Phi) is 8.00. The molecular weight excluding hydrogens is 817 g/mol. The molecule has 0 aliphatic heterocycles. The summed E-state index contributed by atoms with van der Waals surface area (Å²) in [5, 5.41) is 6.85. The molecule has 0 amide bonds. The molecule has 0 saturated carbocycles. The summed E-state index contributed by atoms with van der Waals surface area (Å²) in [4.78, 5) is 2.48. The van der Waals surface area contributed by atoms with Crippen LogP contribution >= 0.6 is 0 Å². The molecular formula is C63H42N2O2.